The largest absolute Gasteiger partial charge is 0.493 e. The summed E-state index contributed by atoms with van der Waals surface area (Å²) >= 11 is 0. The minimum atomic E-state index is 0.779. The highest BCUT2D eigenvalue weighted by molar-refractivity contribution is 5.64. The molecule has 1 heterocycles. The zero-order valence-electron chi connectivity index (χ0n) is 8.12. The molecule has 1 heteroatoms. The molecule has 0 fully saturated rings. The first-order chi connectivity index (χ1) is 5.63. The van der Waals surface area contributed by atoms with Crippen molar-refractivity contribution in [1.82, 2.24) is 0 Å². The summed E-state index contributed by atoms with van der Waals surface area (Å²) in [6, 6.07) is 0. The molecule has 0 aromatic rings. The molecule has 0 bridgehead atoms. The second-order valence-corrected chi connectivity index (χ2v) is 3.57. The topological polar surface area (TPSA) is 9.23 Å². The highest BCUT2D eigenvalue weighted by Crippen LogP contribution is 2.41. The van der Waals surface area contributed by atoms with Gasteiger partial charge in [0.25, 0.3) is 0 Å². The summed E-state index contributed by atoms with van der Waals surface area (Å²) in [5.41, 5.74) is 7.02. The van der Waals surface area contributed by atoms with Crippen LogP contribution < -0.4 is 0 Å². The first kappa shape index (κ1) is 7.66. The van der Waals surface area contributed by atoms with Crippen LogP contribution in [0, 0.1) is 0 Å². The molecule has 0 spiro atoms. The van der Waals surface area contributed by atoms with Gasteiger partial charge in [-0.1, -0.05) is 0 Å². The Morgan fingerprint density at radius 1 is 0.917 bits per heavy atom. The van der Waals surface area contributed by atoms with Crippen molar-refractivity contribution in [1.29, 1.82) is 0 Å². The lowest BCUT2D eigenvalue weighted by molar-refractivity contribution is 0.262. The molecular formula is C11H14O. The van der Waals surface area contributed by atoms with Crippen LogP contribution in [0.15, 0.2) is 33.6 Å². The zero-order chi connectivity index (χ0) is 8.88. The van der Waals surface area contributed by atoms with Crippen LogP contribution in [0.1, 0.15) is 27.7 Å². The summed E-state index contributed by atoms with van der Waals surface area (Å²) in [5.74, 6) is 1.10. The van der Waals surface area contributed by atoms with E-state index in [2.05, 4.69) is 27.7 Å². The van der Waals surface area contributed by atoms with E-state index in [9.17, 15) is 0 Å². The van der Waals surface area contributed by atoms with Gasteiger partial charge in [-0.05, 0) is 44.4 Å². The molecule has 0 amide bonds. The van der Waals surface area contributed by atoms with Crippen molar-refractivity contribution < 1.29 is 4.74 Å². The average Bonchev–Trinajstić information content (AvgIpc) is 2.51. The van der Waals surface area contributed by atoms with Crippen LogP contribution in [0.3, 0.4) is 0 Å². The number of allylic oxidation sites excluding steroid dienone is 4. The molecule has 64 valence electrons. The smallest absolute Gasteiger partial charge is 0.114 e. The summed E-state index contributed by atoms with van der Waals surface area (Å²) in [4.78, 5) is 0. The standard InChI is InChI=1S/C11H14O/c1-6-7(2)10-5-12-9(4)11(10)8(6)3/h5H2,1-4H3. The van der Waals surface area contributed by atoms with Crippen molar-refractivity contribution in [3.63, 3.8) is 0 Å². The van der Waals surface area contributed by atoms with Crippen molar-refractivity contribution >= 4 is 0 Å². The van der Waals surface area contributed by atoms with Crippen LogP contribution >= 0.6 is 0 Å². The van der Waals surface area contributed by atoms with Crippen molar-refractivity contribution in [2.24, 2.45) is 0 Å². The Kier molecular flexibility index (Phi) is 1.44. The van der Waals surface area contributed by atoms with Crippen LogP contribution in [-0.2, 0) is 4.74 Å². The van der Waals surface area contributed by atoms with Gasteiger partial charge < -0.3 is 4.74 Å². The van der Waals surface area contributed by atoms with Gasteiger partial charge in [-0.2, -0.15) is 0 Å². The van der Waals surface area contributed by atoms with Gasteiger partial charge in [-0.3, -0.25) is 0 Å². The Balaban J connectivity index is 2.65. The molecule has 0 atom stereocenters. The Labute approximate surface area is 73.4 Å². The van der Waals surface area contributed by atoms with Crippen LogP contribution in [0.25, 0.3) is 0 Å². The summed E-state index contributed by atoms with van der Waals surface area (Å²) < 4.78 is 5.50. The minimum Gasteiger partial charge on any atom is -0.493 e. The van der Waals surface area contributed by atoms with Gasteiger partial charge in [-0.15, -0.1) is 0 Å². The highest BCUT2D eigenvalue weighted by atomic mass is 16.5. The van der Waals surface area contributed by atoms with Crippen LogP contribution in [0.2, 0.25) is 0 Å². The lowest BCUT2D eigenvalue weighted by Gasteiger charge is -2.01. The maximum atomic E-state index is 5.50. The van der Waals surface area contributed by atoms with E-state index in [4.69, 9.17) is 4.74 Å². The lowest BCUT2D eigenvalue weighted by atomic mass is 10.1. The monoisotopic (exact) mass is 162 g/mol. The predicted molar refractivity (Wildman–Crippen MR) is 49.7 cm³/mol. The Hall–Kier alpha value is -0.980. The van der Waals surface area contributed by atoms with E-state index in [1.165, 1.54) is 27.9 Å². The van der Waals surface area contributed by atoms with E-state index in [0.717, 1.165) is 12.4 Å². The van der Waals surface area contributed by atoms with Gasteiger partial charge in [-0.25, -0.2) is 0 Å². The quantitative estimate of drug-likeness (QED) is 0.532. The third-order valence-electron chi connectivity index (χ3n) is 3.04. The first-order valence-corrected chi connectivity index (χ1v) is 4.35. The summed E-state index contributed by atoms with van der Waals surface area (Å²) in [6.07, 6.45) is 0. The highest BCUT2D eigenvalue weighted by Gasteiger charge is 2.28. The van der Waals surface area contributed by atoms with E-state index < -0.39 is 0 Å². The number of hydrogen-bond donors (Lipinski definition) is 0. The molecule has 1 nitrogen and oxygen atoms in total. The van der Waals surface area contributed by atoms with Gasteiger partial charge in [0.2, 0.25) is 0 Å². The molecule has 1 aliphatic carbocycles. The normalized spacial score (nSPS) is 22.3. The van der Waals surface area contributed by atoms with Crippen LogP contribution in [-0.4, -0.2) is 6.61 Å². The van der Waals surface area contributed by atoms with Crippen LogP contribution in [0.4, 0.5) is 0 Å². The number of hydrogen-bond acceptors (Lipinski definition) is 1. The molecule has 0 aromatic heterocycles. The average molecular weight is 162 g/mol. The second kappa shape index (κ2) is 2.25. The fraction of sp³-hybridized carbons (Fsp3) is 0.455. The molecule has 0 unspecified atom stereocenters. The van der Waals surface area contributed by atoms with Gasteiger partial charge in [0.15, 0.2) is 0 Å². The minimum absolute atomic E-state index is 0.779. The number of rotatable bonds is 0. The SMILES string of the molecule is CC1=C2C(C)=C(C)C(C)=C2CO1. The Bertz CT molecular complexity index is 340. The van der Waals surface area contributed by atoms with Gasteiger partial charge in [0.1, 0.15) is 12.4 Å². The maximum Gasteiger partial charge on any atom is 0.114 e. The molecule has 0 radical (unpaired) electrons. The summed E-state index contributed by atoms with van der Waals surface area (Å²) in [6.45, 7) is 9.39. The van der Waals surface area contributed by atoms with E-state index in [1.54, 1.807) is 0 Å². The van der Waals surface area contributed by atoms with Gasteiger partial charge in [0, 0.05) is 11.1 Å². The molecule has 1 aliphatic heterocycles. The van der Waals surface area contributed by atoms with Crippen molar-refractivity contribution in [3.8, 4) is 0 Å². The Morgan fingerprint density at radius 2 is 1.58 bits per heavy atom. The molecule has 2 aliphatic rings. The second-order valence-electron chi connectivity index (χ2n) is 3.57. The predicted octanol–water partition coefficient (Wildman–Crippen LogP) is 2.96. The molecule has 2 rings (SSSR count). The molecule has 0 saturated carbocycles. The number of fused-ring (bicyclic) bond motifs is 1. The molecular weight excluding hydrogens is 148 g/mol. The van der Waals surface area contributed by atoms with Gasteiger partial charge >= 0.3 is 0 Å². The van der Waals surface area contributed by atoms with Crippen LogP contribution in [0.5, 0.6) is 0 Å². The zero-order valence-corrected chi connectivity index (χ0v) is 8.12. The number of ether oxygens (including phenoxy) is 1. The fourth-order valence-electron chi connectivity index (χ4n) is 2.02. The van der Waals surface area contributed by atoms with Crippen molar-refractivity contribution in [3.05, 3.63) is 33.6 Å². The third-order valence-corrected chi connectivity index (χ3v) is 3.04. The van der Waals surface area contributed by atoms with E-state index >= 15 is 0 Å². The maximum absolute atomic E-state index is 5.50. The molecule has 0 N–H and O–H groups in total. The molecule has 0 aromatic carbocycles. The van der Waals surface area contributed by atoms with E-state index in [0.29, 0.717) is 0 Å². The summed E-state index contributed by atoms with van der Waals surface area (Å²) in [5, 5.41) is 0. The van der Waals surface area contributed by atoms with E-state index in [1.807, 2.05) is 0 Å². The fourth-order valence-corrected chi connectivity index (χ4v) is 2.02. The molecule has 0 saturated heterocycles. The Morgan fingerprint density at radius 3 is 2.17 bits per heavy atom. The first-order valence-electron chi connectivity index (χ1n) is 4.35. The molecule has 12 heavy (non-hydrogen) atoms. The lowest BCUT2D eigenvalue weighted by Crippen LogP contribution is -1.87. The summed E-state index contributed by atoms with van der Waals surface area (Å²) in [7, 11) is 0. The third kappa shape index (κ3) is 0.739. The van der Waals surface area contributed by atoms with E-state index in [-0.39, 0.29) is 0 Å². The van der Waals surface area contributed by atoms with Gasteiger partial charge in [0.05, 0.1) is 0 Å². The van der Waals surface area contributed by atoms with Crippen molar-refractivity contribution in [2.45, 2.75) is 27.7 Å². The van der Waals surface area contributed by atoms with Crippen molar-refractivity contribution in [2.75, 3.05) is 6.61 Å².